The van der Waals surface area contributed by atoms with Crippen LogP contribution in [0.4, 0.5) is 8.78 Å². The number of phenolic OH excluding ortho intramolecular Hbond substituents is 1. The molecular weight excluding hydrogens is 276 g/mol. The van der Waals surface area contributed by atoms with E-state index in [1.807, 2.05) is 0 Å². The van der Waals surface area contributed by atoms with Gasteiger partial charge >= 0.3 is 0 Å². The van der Waals surface area contributed by atoms with Crippen molar-refractivity contribution < 1.29 is 22.3 Å². The maximum Gasteiger partial charge on any atom is 0.186 e. The number of benzene rings is 1. The Balaban J connectivity index is 2.54. The second kappa shape index (κ2) is 5.05. The van der Waals surface area contributed by atoms with Crippen molar-refractivity contribution in [3.63, 3.8) is 0 Å². The summed E-state index contributed by atoms with van der Waals surface area (Å²) >= 11 is 0. The lowest BCUT2D eigenvalue weighted by Gasteiger charge is -2.25. The van der Waals surface area contributed by atoms with Crippen molar-refractivity contribution in [3.05, 3.63) is 23.3 Å². The third kappa shape index (κ3) is 2.71. The van der Waals surface area contributed by atoms with Crippen molar-refractivity contribution in [2.24, 2.45) is 0 Å². The molecule has 0 radical (unpaired) electrons. The quantitative estimate of drug-likeness (QED) is 0.873. The highest BCUT2D eigenvalue weighted by molar-refractivity contribution is 7.90. The van der Waals surface area contributed by atoms with Gasteiger partial charge in [0.05, 0.1) is 0 Å². The minimum Gasteiger partial charge on any atom is -0.505 e. The fraction of sp³-hybridized carbons (Fsp3) is 0.500. The van der Waals surface area contributed by atoms with Crippen LogP contribution in [-0.4, -0.2) is 26.3 Å². The van der Waals surface area contributed by atoms with Gasteiger partial charge in [-0.3, -0.25) is 0 Å². The minimum atomic E-state index is -4.06. The SMILES string of the molecule is CS(=O)(=O)c1c(F)cc(C2CCCCN2)c(O)c1F. The predicted octanol–water partition coefficient (Wildman–Crippen LogP) is 1.89. The Kier molecular flexibility index (Phi) is 3.78. The predicted molar refractivity (Wildman–Crippen MR) is 65.7 cm³/mol. The lowest BCUT2D eigenvalue weighted by Crippen LogP contribution is -2.27. The van der Waals surface area contributed by atoms with Gasteiger partial charge in [0, 0.05) is 17.9 Å². The van der Waals surface area contributed by atoms with Crippen molar-refractivity contribution in [1.29, 1.82) is 0 Å². The van der Waals surface area contributed by atoms with E-state index in [1.54, 1.807) is 0 Å². The topological polar surface area (TPSA) is 66.4 Å². The molecule has 2 N–H and O–H groups in total. The maximum atomic E-state index is 13.9. The summed E-state index contributed by atoms with van der Waals surface area (Å²) in [5, 5.41) is 12.8. The van der Waals surface area contributed by atoms with Crippen LogP contribution in [0.1, 0.15) is 30.9 Å². The molecule has 0 saturated carbocycles. The first-order valence-electron chi connectivity index (χ1n) is 5.96. The Labute approximate surface area is 110 Å². The van der Waals surface area contributed by atoms with E-state index in [-0.39, 0.29) is 11.6 Å². The molecule has 2 rings (SSSR count). The van der Waals surface area contributed by atoms with Gasteiger partial charge in [0.25, 0.3) is 0 Å². The van der Waals surface area contributed by atoms with E-state index in [0.717, 1.165) is 18.9 Å². The molecule has 7 heteroatoms. The molecule has 0 spiro atoms. The molecule has 0 bridgehead atoms. The van der Waals surface area contributed by atoms with Crippen LogP contribution in [-0.2, 0) is 9.84 Å². The highest BCUT2D eigenvalue weighted by Crippen LogP contribution is 2.36. The van der Waals surface area contributed by atoms with Crippen LogP contribution in [0.25, 0.3) is 0 Å². The lowest BCUT2D eigenvalue weighted by atomic mass is 9.96. The fourth-order valence-corrected chi connectivity index (χ4v) is 3.17. The zero-order chi connectivity index (χ0) is 14.2. The lowest BCUT2D eigenvalue weighted by molar-refractivity contribution is 0.366. The molecule has 1 aliphatic rings. The number of phenols is 1. The second-order valence-corrected chi connectivity index (χ2v) is 6.67. The molecular formula is C12H15F2NO3S. The normalized spacial score (nSPS) is 20.5. The van der Waals surface area contributed by atoms with E-state index in [9.17, 15) is 22.3 Å². The largest absolute Gasteiger partial charge is 0.505 e. The van der Waals surface area contributed by atoms with Gasteiger partial charge < -0.3 is 10.4 Å². The van der Waals surface area contributed by atoms with E-state index < -0.39 is 32.1 Å². The average molecular weight is 291 g/mol. The molecule has 1 fully saturated rings. The number of hydrogen-bond donors (Lipinski definition) is 2. The summed E-state index contributed by atoms with van der Waals surface area (Å²) in [4.78, 5) is -1.08. The van der Waals surface area contributed by atoms with Crippen LogP contribution in [0.15, 0.2) is 11.0 Å². The summed E-state index contributed by atoms with van der Waals surface area (Å²) in [6, 6.07) is 0.545. The van der Waals surface area contributed by atoms with Gasteiger partial charge in [0.15, 0.2) is 21.4 Å². The van der Waals surface area contributed by atoms with E-state index in [2.05, 4.69) is 5.32 Å². The Morgan fingerprint density at radius 3 is 2.58 bits per heavy atom. The number of aromatic hydroxyl groups is 1. The summed E-state index contributed by atoms with van der Waals surface area (Å²) < 4.78 is 50.3. The fourth-order valence-electron chi connectivity index (χ4n) is 2.33. The van der Waals surface area contributed by atoms with Crippen LogP contribution < -0.4 is 5.32 Å². The molecule has 0 aromatic heterocycles. The van der Waals surface area contributed by atoms with Gasteiger partial charge in [-0.1, -0.05) is 6.42 Å². The summed E-state index contributed by atoms with van der Waals surface area (Å²) in [5.74, 6) is -3.37. The molecule has 0 amide bonds. The Hall–Kier alpha value is -1.21. The van der Waals surface area contributed by atoms with E-state index in [0.29, 0.717) is 19.2 Å². The summed E-state index contributed by atoms with van der Waals surface area (Å²) in [6.07, 6.45) is 3.19. The Bertz CT molecular complexity index is 595. The molecule has 1 aliphatic heterocycles. The van der Waals surface area contributed by atoms with Crippen molar-refractivity contribution >= 4 is 9.84 Å². The number of sulfone groups is 1. The van der Waals surface area contributed by atoms with Crippen LogP contribution >= 0.6 is 0 Å². The molecule has 4 nitrogen and oxygen atoms in total. The van der Waals surface area contributed by atoms with Crippen molar-refractivity contribution in [2.45, 2.75) is 30.2 Å². The van der Waals surface area contributed by atoms with Crippen LogP contribution in [0.2, 0.25) is 0 Å². The molecule has 19 heavy (non-hydrogen) atoms. The van der Waals surface area contributed by atoms with Crippen molar-refractivity contribution in [2.75, 3.05) is 12.8 Å². The van der Waals surface area contributed by atoms with Crippen LogP contribution in [0.5, 0.6) is 5.75 Å². The Morgan fingerprint density at radius 2 is 2.05 bits per heavy atom. The molecule has 106 valence electrons. The zero-order valence-corrected chi connectivity index (χ0v) is 11.2. The third-order valence-electron chi connectivity index (χ3n) is 3.24. The number of piperidine rings is 1. The molecule has 1 heterocycles. The van der Waals surface area contributed by atoms with Gasteiger partial charge in [-0.25, -0.2) is 17.2 Å². The van der Waals surface area contributed by atoms with E-state index >= 15 is 0 Å². The average Bonchev–Trinajstić information content (AvgIpc) is 2.33. The first-order chi connectivity index (χ1) is 8.82. The Morgan fingerprint density at radius 1 is 1.37 bits per heavy atom. The standard InChI is InChI=1S/C12H15F2NO3S/c1-19(17,18)12-8(13)6-7(11(16)10(12)14)9-4-2-3-5-15-9/h6,9,15-16H,2-5H2,1H3. The summed E-state index contributed by atoms with van der Waals surface area (Å²) in [7, 11) is -4.06. The number of nitrogens with one attached hydrogen (secondary N) is 1. The molecule has 0 aliphatic carbocycles. The number of rotatable bonds is 2. The minimum absolute atomic E-state index is 0.0714. The van der Waals surface area contributed by atoms with Crippen LogP contribution in [0.3, 0.4) is 0 Å². The maximum absolute atomic E-state index is 13.9. The van der Waals surface area contributed by atoms with E-state index in [1.165, 1.54) is 0 Å². The van der Waals surface area contributed by atoms with Gasteiger partial charge in [0.1, 0.15) is 10.7 Å². The highest BCUT2D eigenvalue weighted by atomic mass is 32.2. The first kappa shape index (κ1) is 14.2. The molecule has 1 atom stereocenters. The number of halogens is 2. The highest BCUT2D eigenvalue weighted by Gasteiger charge is 2.28. The molecule has 1 saturated heterocycles. The second-order valence-electron chi connectivity index (χ2n) is 4.71. The third-order valence-corrected chi connectivity index (χ3v) is 4.35. The van der Waals surface area contributed by atoms with Gasteiger partial charge in [-0.05, 0) is 25.5 Å². The first-order valence-corrected chi connectivity index (χ1v) is 7.86. The zero-order valence-electron chi connectivity index (χ0n) is 10.4. The smallest absolute Gasteiger partial charge is 0.186 e. The molecule has 1 unspecified atom stereocenters. The van der Waals surface area contributed by atoms with Gasteiger partial charge in [-0.2, -0.15) is 0 Å². The van der Waals surface area contributed by atoms with Crippen molar-refractivity contribution in [3.8, 4) is 5.75 Å². The summed E-state index contributed by atoms with van der Waals surface area (Å²) in [5.41, 5.74) is 0.0714. The van der Waals surface area contributed by atoms with Crippen molar-refractivity contribution in [1.82, 2.24) is 5.32 Å². The molecule has 1 aromatic carbocycles. The monoisotopic (exact) mass is 291 g/mol. The van der Waals surface area contributed by atoms with Gasteiger partial charge in [0.2, 0.25) is 0 Å². The summed E-state index contributed by atoms with van der Waals surface area (Å²) in [6.45, 7) is 0.696. The van der Waals surface area contributed by atoms with Gasteiger partial charge in [-0.15, -0.1) is 0 Å². The van der Waals surface area contributed by atoms with E-state index in [4.69, 9.17) is 0 Å². The van der Waals surface area contributed by atoms with Crippen LogP contribution in [0, 0.1) is 11.6 Å². The molecule has 1 aromatic rings. The number of hydrogen-bond acceptors (Lipinski definition) is 4.